The van der Waals surface area contributed by atoms with Crippen LogP contribution in [0, 0.1) is 0 Å². The van der Waals surface area contributed by atoms with Crippen molar-refractivity contribution in [3.63, 3.8) is 0 Å². The first-order chi connectivity index (χ1) is 13.0. The molecule has 0 aliphatic carbocycles. The smallest absolute Gasteiger partial charge is 0.338 e. The van der Waals surface area contributed by atoms with Crippen LogP contribution < -0.4 is 5.32 Å². The lowest BCUT2D eigenvalue weighted by Gasteiger charge is -2.10. The number of aromatic nitrogens is 2. The van der Waals surface area contributed by atoms with Gasteiger partial charge in [-0.05, 0) is 36.8 Å². The highest BCUT2D eigenvalue weighted by molar-refractivity contribution is 5.89. The number of hydrogen-bond acceptors (Lipinski definition) is 6. The molecule has 7 heteroatoms. The predicted molar refractivity (Wildman–Crippen MR) is 97.5 cm³/mol. The fourth-order valence-electron chi connectivity index (χ4n) is 2.36. The molecule has 2 aromatic carbocycles. The van der Waals surface area contributed by atoms with Crippen molar-refractivity contribution < 1.29 is 18.7 Å². The van der Waals surface area contributed by atoms with E-state index in [0.29, 0.717) is 18.0 Å². The zero-order valence-electron chi connectivity index (χ0n) is 15.0. The number of ether oxygens (including phenoxy) is 1. The molecule has 0 saturated carbocycles. The molecule has 0 aliphatic heterocycles. The number of benzene rings is 2. The summed E-state index contributed by atoms with van der Waals surface area (Å²) in [6.45, 7) is 3.53. The monoisotopic (exact) mass is 365 g/mol. The molecule has 3 rings (SSSR count). The molecule has 27 heavy (non-hydrogen) atoms. The van der Waals surface area contributed by atoms with Crippen LogP contribution in [0.5, 0.6) is 0 Å². The minimum atomic E-state index is -0.679. The van der Waals surface area contributed by atoms with Crippen LogP contribution in [0.1, 0.15) is 41.8 Å². The Balaban J connectivity index is 1.62. The molecule has 1 heterocycles. The third-order valence-corrected chi connectivity index (χ3v) is 3.82. The number of hydrogen-bond donors (Lipinski definition) is 1. The number of nitrogens with zero attached hydrogens (tertiary/aromatic N) is 2. The van der Waals surface area contributed by atoms with Gasteiger partial charge in [-0.25, -0.2) is 4.79 Å². The van der Waals surface area contributed by atoms with Crippen molar-refractivity contribution in [3.05, 3.63) is 71.6 Å². The number of carbonyl (C=O) groups is 2. The Morgan fingerprint density at radius 1 is 1.07 bits per heavy atom. The van der Waals surface area contributed by atoms with E-state index in [1.807, 2.05) is 30.3 Å². The van der Waals surface area contributed by atoms with E-state index in [2.05, 4.69) is 15.5 Å². The average molecular weight is 365 g/mol. The van der Waals surface area contributed by atoms with Crippen molar-refractivity contribution in [2.45, 2.75) is 26.5 Å². The largest absolute Gasteiger partial charge is 0.449 e. The Morgan fingerprint density at radius 2 is 1.78 bits per heavy atom. The molecule has 1 unspecified atom stereocenters. The van der Waals surface area contributed by atoms with E-state index in [-0.39, 0.29) is 11.8 Å². The van der Waals surface area contributed by atoms with Gasteiger partial charge in [0.15, 0.2) is 6.10 Å². The Bertz CT molecular complexity index is 920. The first kappa shape index (κ1) is 18.3. The summed E-state index contributed by atoms with van der Waals surface area (Å²) in [6.07, 6.45) is -0.679. The highest BCUT2D eigenvalue weighted by Gasteiger charge is 2.20. The van der Waals surface area contributed by atoms with Gasteiger partial charge in [0, 0.05) is 19.0 Å². The lowest BCUT2D eigenvalue weighted by Crippen LogP contribution is -2.18. The van der Waals surface area contributed by atoms with E-state index < -0.39 is 12.1 Å². The second-order valence-corrected chi connectivity index (χ2v) is 5.97. The zero-order valence-corrected chi connectivity index (χ0v) is 15.0. The maximum atomic E-state index is 12.3. The van der Waals surface area contributed by atoms with Crippen molar-refractivity contribution in [3.8, 4) is 11.5 Å². The number of amides is 1. The molecule has 0 radical (unpaired) electrons. The lowest BCUT2D eigenvalue weighted by molar-refractivity contribution is -0.119. The van der Waals surface area contributed by atoms with E-state index in [1.165, 1.54) is 6.92 Å². The second kappa shape index (κ2) is 8.27. The summed E-state index contributed by atoms with van der Waals surface area (Å²) in [5.74, 6) is -0.00455. The quantitative estimate of drug-likeness (QED) is 0.674. The van der Waals surface area contributed by atoms with Crippen LogP contribution in [-0.2, 0) is 16.1 Å². The van der Waals surface area contributed by atoms with Gasteiger partial charge in [0.2, 0.25) is 11.8 Å². The van der Waals surface area contributed by atoms with Crippen molar-refractivity contribution in [1.82, 2.24) is 15.5 Å². The van der Waals surface area contributed by atoms with Gasteiger partial charge >= 0.3 is 5.97 Å². The van der Waals surface area contributed by atoms with Crippen molar-refractivity contribution in [2.24, 2.45) is 0 Å². The van der Waals surface area contributed by atoms with Gasteiger partial charge in [0.05, 0.1) is 5.56 Å². The lowest BCUT2D eigenvalue weighted by atomic mass is 10.1. The van der Waals surface area contributed by atoms with Gasteiger partial charge in [0.25, 0.3) is 5.89 Å². The van der Waals surface area contributed by atoms with Crippen LogP contribution in [0.25, 0.3) is 11.5 Å². The SMILES string of the molecule is CC(=O)NCc1ccc(C(=O)OC(C)c2nnc(-c3ccccc3)o2)cc1. The topological polar surface area (TPSA) is 94.3 Å². The number of esters is 1. The van der Waals surface area contributed by atoms with Gasteiger partial charge in [0.1, 0.15) is 0 Å². The Hall–Kier alpha value is -3.48. The highest BCUT2D eigenvalue weighted by atomic mass is 16.6. The number of carbonyl (C=O) groups excluding carboxylic acids is 2. The summed E-state index contributed by atoms with van der Waals surface area (Å²) in [4.78, 5) is 23.2. The molecule has 1 aromatic heterocycles. The first-order valence-electron chi connectivity index (χ1n) is 8.46. The Kier molecular flexibility index (Phi) is 5.61. The molecule has 7 nitrogen and oxygen atoms in total. The minimum Gasteiger partial charge on any atom is -0.449 e. The first-order valence-corrected chi connectivity index (χ1v) is 8.46. The maximum Gasteiger partial charge on any atom is 0.338 e. The molecule has 3 aromatic rings. The molecule has 138 valence electrons. The molecule has 0 bridgehead atoms. The normalized spacial score (nSPS) is 11.6. The fraction of sp³-hybridized carbons (Fsp3) is 0.200. The molecule has 0 saturated heterocycles. The zero-order chi connectivity index (χ0) is 19.2. The standard InChI is InChI=1S/C20H19N3O4/c1-13(18-22-23-19(27-18)16-6-4-3-5-7-16)26-20(25)17-10-8-15(9-11-17)12-21-14(2)24/h3-11,13H,12H2,1-2H3,(H,21,24). The van der Waals surface area contributed by atoms with Gasteiger partial charge in [-0.15, -0.1) is 10.2 Å². The Labute approximate surface area is 156 Å². The average Bonchev–Trinajstić information content (AvgIpc) is 3.18. The van der Waals surface area contributed by atoms with Crippen LogP contribution in [0.15, 0.2) is 59.0 Å². The molecule has 0 fully saturated rings. The molecular formula is C20H19N3O4. The summed E-state index contributed by atoms with van der Waals surface area (Å²) in [7, 11) is 0. The van der Waals surface area contributed by atoms with Crippen LogP contribution in [-0.4, -0.2) is 22.1 Å². The van der Waals surface area contributed by atoms with Crippen molar-refractivity contribution in [2.75, 3.05) is 0 Å². The Morgan fingerprint density at radius 3 is 2.44 bits per heavy atom. The van der Waals surface area contributed by atoms with E-state index in [0.717, 1.165) is 11.1 Å². The predicted octanol–water partition coefficient (Wildman–Crippen LogP) is 3.29. The molecule has 0 aliphatic rings. The molecule has 1 amide bonds. The molecule has 0 spiro atoms. The minimum absolute atomic E-state index is 0.109. The van der Waals surface area contributed by atoms with E-state index in [4.69, 9.17) is 9.15 Å². The van der Waals surface area contributed by atoms with Gasteiger partial charge in [-0.3, -0.25) is 4.79 Å². The van der Waals surface area contributed by atoms with Crippen LogP contribution >= 0.6 is 0 Å². The molecule has 1 atom stereocenters. The number of rotatable bonds is 6. The fourth-order valence-corrected chi connectivity index (χ4v) is 2.36. The van der Waals surface area contributed by atoms with Crippen LogP contribution in [0.3, 0.4) is 0 Å². The molecule has 1 N–H and O–H groups in total. The van der Waals surface area contributed by atoms with Crippen LogP contribution in [0.2, 0.25) is 0 Å². The van der Waals surface area contributed by atoms with E-state index >= 15 is 0 Å². The number of nitrogens with one attached hydrogen (secondary N) is 1. The summed E-state index contributed by atoms with van der Waals surface area (Å²) < 4.78 is 11.0. The van der Waals surface area contributed by atoms with E-state index in [1.54, 1.807) is 31.2 Å². The van der Waals surface area contributed by atoms with Crippen LogP contribution in [0.4, 0.5) is 0 Å². The van der Waals surface area contributed by atoms with E-state index in [9.17, 15) is 9.59 Å². The summed E-state index contributed by atoms with van der Waals surface area (Å²) in [5, 5.41) is 10.6. The van der Waals surface area contributed by atoms with Crippen molar-refractivity contribution >= 4 is 11.9 Å². The molecular weight excluding hydrogens is 346 g/mol. The second-order valence-electron chi connectivity index (χ2n) is 5.97. The van der Waals surface area contributed by atoms with Gasteiger partial charge < -0.3 is 14.5 Å². The van der Waals surface area contributed by atoms with Gasteiger partial charge in [-0.2, -0.15) is 0 Å². The maximum absolute atomic E-state index is 12.3. The highest BCUT2D eigenvalue weighted by Crippen LogP contribution is 2.23. The third kappa shape index (κ3) is 4.78. The summed E-state index contributed by atoms with van der Waals surface area (Å²) in [5.41, 5.74) is 2.08. The van der Waals surface area contributed by atoms with Crippen molar-refractivity contribution in [1.29, 1.82) is 0 Å². The van der Waals surface area contributed by atoms with Gasteiger partial charge in [-0.1, -0.05) is 30.3 Å². The summed E-state index contributed by atoms with van der Waals surface area (Å²) in [6, 6.07) is 16.2. The summed E-state index contributed by atoms with van der Waals surface area (Å²) >= 11 is 0. The third-order valence-electron chi connectivity index (χ3n) is 3.82.